The van der Waals surface area contributed by atoms with Gasteiger partial charge < -0.3 is 16.2 Å². The van der Waals surface area contributed by atoms with E-state index >= 15 is 0 Å². The highest BCUT2D eigenvalue weighted by atomic mass is 16.3. The molecule has 102 valence electrons. The maximum Gasteiger partial charge on any atom is 0.237 e. The van der Waals surface area contributed by atoms with Gasteiger partial charge in [-0.3, -0.25) is 4.79 Å². The van der Waals surface area contributed by atoms with Crippen LogP contribution in [0.1, 0.15) is 48.0 Å². The van der Waals surface area contributed by atoms with Gasteiger partial charge in [-0.15, -0.1) is 0 Å². The minimum atomic E-state index is -0.536. The second-order valence-corrected chi connectivity index (χ2v) is 6.78. The third-order valence-electron chi connectivity index (χ3n) is 3.00. The second-order valence-electron chi connectivity index (χ2n) is 6.78. The van der Waals surface area contributed by atoms with Crippen LogP contribution in [-0.2, 0) is 4.79 Å². The Morgan fingerprint density at radius 2 is 1.65 bits per heavy atom. The monoisotopic (exact) mass is 244 g/mol. The van der Waals surface area contributed by atoms with Crippen molar-refractivity contribution in [2.75, 3.05) is 6.61 Å². The van der Waals surface area contributed by atoms with E-state index in [0.717, 1.165) is 0 Å². The van der Waals surface area contributed by atoms with Crippen molar-refractivity contribution in [3.05, 3.63) is 0 Å². The first kappa shape index (κ1) is 16.4. The number of hydrogen-bond acceptors (Lipinski definition) is 3. The summed E-state index contributed by atoms with van der Waals surface area (Å²) in [5.41, 5.74) is 5.56. The molecule has 1 unspecified atom stereocenters. The maximum absolute atomic E-state index is 12.0. The van der Waals surface area contributed by atoms with E-state index in [-0.39, 0.29) is 29.4 Å². The molecule has 0 rings (SSSR count). The van der Waals surface area contributed by atoms with Crippen LogP contribution in [0.4, 0.5) is 0 Å². The van der Waals surface area contributed by atoms with E-state index in [4.69, 9.17) is 10.8 Å². The molecule has 0 aromatic carbocycles. The average molecular weight is 244 g/mol. The van der Waals surface area contributed by atoms with Crippen LogP contribution in [0.2, 0.25) is 0 Å². The van der Waals surface area contributed by atoms with Gasteiger partial charge in [0.1, 0.15) is 0 Å². The molecular formula is C13H28N2O2. The average Bonchev–Trinajstić information content (AvgIpc) is 2.12. The molecule has 4 N–H and O–H groups in total. The lowest BCUT2D eigenvalue weighted by Crippen LogP contribution is -2.54. The van der Waals surface area contributed by atoms with Crippen LogP contribution in [0.25, 0.3) is 0 Å². The van der Waals surface area contributed by atoms with E-state index < -0.39 is 6.04 Å². The van der Waals surface area contributed by atoms with Crippen molar-refractivity contribution in [2.45, 2.75) is 60.0 Å². The Labute approximate surface area is 105 Å². The van der Waals surface area contributed by atoms with Crippen molar-refractivity contribution in [3.63, 3.8) is 0 Å². The maximum atomic E-state index is 12.0. The van der Waals surface area contributed by atoms with E-state index in [9.17, 15) is 4.79 Å². The summed E-state index contributed by atoms with van der Waals surface area (Å²) in [6, 6.07) is -0.598. The zero-order chi connectivity index (χ0) is 13.9. The number of aliphatic hydroxyl groups excluding tert-OH is 1. The molecule has 0 spiro atoms. The summed E-state index contributed by atoms with van der Waals surface area (Å²) >= 11 is 0. The van der Waals surface area contributed by atoms with Crippen molar-refractivity contribution >= 4 is 5.91 Å². The molecule has 17 heavy (non-hydrogen) atoms. The molecule has 1 amide bonds. The number of nitrogens with two attached hydrogens (primary N) is 1. The van der Waals surface area contributed by atoms with Gasteiger partial charge in [0.2, 0.25) is 5.91 Å². The molecule has 0 aliphatic rings. The molecule has 0 heterocycles. The van der Waals surface area contributed by atoms with Crippen molar-refractivity contribution in [2.24, 2.45) is 16.6 Å². The SMILES string of the molecule is CC(C)(C)C(CCO)NC(=O)[C@H](N)C(C)(C)C. The third kappa shape index (κ3) is 5.50. The molecule has 0 aliphatic carbocycles. The van der Waals surface area contributed by atoms with Crippen molar-refractivity contribution < 1.29 is 9.90 Å². The molecule has 0 saturated heterocycles. The normalized spacial score (nSPS) is 16.5. The fraction of sp³-hybridized carbons (Fsp3) is 0.923. The fourth-order valence-electron chi connectivity index (χ4n) is 1.51. The number of aliphatic hydroxyl groups is 1. The minimum absolute atomic E-state index is 0.0617. The van der Waals surface area contributed by atoms with E-state index in [1.54, 1.807) is 0 Å². The highest BCUT2D eigenvalue weighted by molar-refractivity contribution is 5.82. The molecule has 0 saturated carbocycles. The van der Waals surface area contributed by atoms with Gasteiger partial charge in [-0.1, -0.05) is 41.5 Å². The first-order valence-corrected chi connectivity index (χ1v) is 6.17. The van der Waals surface area contributed by atoms with Gasteiger partial charge in [-0.05, 0) is 17.3 Å². The highest BCUT2D eigenvalue weighted by Crippen LogP contribution is 2.23. The van der Waals surface area contributed by atoms with Gasteiger partial charge in [0.05, 0.1) is 6.04 Å². The van der Waals surface area contributed by atoms with Crippen LogP contribution in [0, 0.1) is 10.8 Å². The summed E-state index contributed by atoms with van der Waals surface area (Å²) in [6.45, 7) is 12.0. The Morgan fingerprint density at radius 1 is 1.18 bits per heavy atom. The Kier molecular flexibility index (Phi) is 5.62. The zero-order valence-electron chi connectivity index (χ0n) is 12.0. The molecule has 0 fully saturated rings. The molecule has 4 nitrogen and oxygen atoms in total. The summed E-state index contributed by atoms with van der Waals surface area (Å²) in [5.74, 6) is -0.147. The van der Waals surface area contributed by atoms with Crippen LogP contribution in [-0.4, -0.2) is 29.7 Å². The van der Waals surface area contributed by atoms with Crippen molar-refractivity contribution in [1.29, 1.82) is 0 Å². The standard InChI is InChI=1S/C13H28N2O2/c1-12(2,3)9(7-8-16)15-11(17)10(14)13(4,5)6/h9-10,16H,7-8,14H2,1-6H3,(H,15,17)/t9?,10-/m0/s1. The summed E-state index contributed by atoms with van der Waals surface area (Å²) in [6.07, 6.45) is 0.548. The predicted octanol–water partition coefficient (Wildman–Crippen LogP) is 1.27. The van der Waals surface area contributed by atoms with Gasteiger partial charge >= 0.3 is 0 Å². The zero-order valence-corrected chi connectivity index (χ0v) is 12.0. The number of carbonyl (C=O) groups is 1. The summed E-state index contributed by atoms with van der Waals surface area (Å²) in [7, 11) is 0. The van der Waals surface area contributed by atoms with Crippen LogP contribution >= 0.6 is 0 Å². The van der Waals surface area contributed by atoms with Gasteiger partial charge in [-0.2, -0.15) is 0 Å². The van der Waals surface area contributed by atoms with Crippen molar-refractivity contribution in [1.82, 2.24) is 5.32 Å². The van der Waals surface area contributed by atoms with E-state index in [1.165, 1.54) is 0 Å². The van der Waals surface area contributed by atoms with E-state index in [2.05, 4.69) is 5.32 Å². The van der Waals surface area contributed by atoms with Crippen LogP contribution in [0.15, 0.2) is 0 Å². The molecule has 4 heteroatoms. The summed E-state index contributed by atoms with van der Waals surface area (Å²) in [4.78, 5) is 12.0. The van der Waals surface area contributed by atoms with Crippen LogP contribution in [0.5, 0.6) is 0 Å². The largest absolute Gasteiger partial charge is 0.396 e. The molecule has 0 aromatic heterocycles. The topological polar surface area (TPSA) is 75.3 Å². The number of rotatable bonds is 4. The number of hydrogen-bond donors (Lipinski definition) is 3. The van der Waals surface area contributed by atoms with Crippen LogP contribution < -0.4 is 11.1 Å². The first-order chi connectivity index (χ1) is 7.50. The Morgan fingerprint density at radius 3 is 1.94 bits per heavy atom. The van der Waals surface area contributed by atoms with E-state index in [1.807, 2.05) is 41.5 Å². The molecule has 0 aromatic rings. The van der Waals surface area contributed by atoms with Gasteiger partial charge in [0.25, 0.3) is 0 Å². The first-order valence-electron chi connectivity index (χ1n) is 6.17. The molecular weight excluding hydrogens is 216 g/mol. The van der Waals surface area contributed by atoms with Gasteiger partial charge in [-0.25, -0.2) is 0 Å². The number of amides is 1. The number of carbonyl (C=O) groups excluding carboxylic acids is 1. The Balaban J connectivity index is 4.63. The lowest BCUT2D eigenvalue weighted by atomic mass is 9.83. The number of nitrogens with one attached hydrogen (secondary N) is 1. The Bertz CT molecular complexity index is 251. The molecule has 0 radical (unpaired) electrons. The minimum Gasteiger partial charge on any atom is -0.396 e. The molecule has 0 aliphatic heterocycles. The predicted molar refractivity (Wildman–Crippen MR) is 70.5 cm³/mol. The smallest absolute Gasteiger partial charge is 0.237 e. The van der Waals surface area contributed by atoms with E-state index in [0.29, 0.717) is 6.42 Å². The Hall–Kier alpha value is -0.610. The quantitative estimate of drug-likeness (QED) is 0.697. The van der Waals surface area contributed by atoms with Gasteiger partial charge in [0, 0.05) is 12.6 Å². The van der Waals surface area contributed by atoms with Gasteiger partial charge in [0.15, 0.2) is 0 Å². The fourth-order valence-corrected chi connectivity index (χ4v) is 1.51. The lowest BCUT2D eigenvalue weighted by Gasteiger charge is -2.34. The lowest BCUT2D eigenvalue weighted by molar-refractivity contribution is -0.126. The highest BCUT2D eigenvalue weighted by Gasteiger charge is 2.32. The third-order valence-corrected chi connectivity index (χ3v) is 3.00. The van der Waals surface area contributed by atoms with Crippen molar-refractivity contribution in [3.8, 4) is 0 Å². The van der Waals surface area contributed by atoms with Crippen LogP contribution in [0.3, 0.4) is 0 Å². The summed E-state index contributed by atoms with van der Waals surface area (Å²) in [5, 5.41) is 12.0. The summed E-state index contributed by atoms with van der Waals surface area (Å²) < 4.78 is 0. The molecule has 2 atom stereocenters. The molecule has 0 bridgehead atoms. The second kappa shape index (κ2) is 5.83.